The van der Waals surface area contributed by atoms with Gasteiger partial charge in [0, 0.05) is 50.7 Å². The maximum absolute atomic E-state index is 12.0. The van der Waals surface area contributed by atoms with E-state index in [1.807, 2.05) is 20.8 Å². The fraction of sp³-hybridized carbons (Fsp3) is 0.933. The molecule has 3 N–H and O–H groups in total. The maximum Gasteiger partial charge on any atom is 0.222 e. The van der Waals surface area contributed by atoms with Crippen molar-refractivity contribution in [1.29, 1.82) is 0 Å². The van der Waals surface area contributed by atoms with E-state index >= 15 is 0 Å². The van der Waals surface area contributed by atoms with E-state index in [0.29, 0.717) is 13.0 Å². The van der Waals surface area contributed by atoms with Crippen LogP contribution < -0.4 is 11.1 Å². The summed E-state index contributed by atoms with van der Waals surface area (Å²) < 4.78 is 0. The molecule has 1 saturated heterocycles. The fourth-order valence-corrected chi connectivity index (χ4v) is 2.71. The van der Waals surface area contributed by atoms with Crippen LogP contribution in [0.5, 0.6) is 0 Å². The lowest BCUT2D eigenvalue weighted by Crippen LogP contribution is -2.54. The quantitative estimate of drug-likeness (QED) is 0.752. The standard InChI is InChI=1S/C15H32N4O/c1-5-6-18-7-9-19(10-8-18)13(12-16)11-14(20)17-15(2,3)4/h13H,5-12,16H2,1-4H3,(H,17,20). The average Bonchev–Trinajstić information content (AvgIpc) is 2.35. The minimum absolute atomic E-state index is 0.101. The third-order valence-electron chi connectivity index (χ3n) is 3.67. The summed E-state index contributed by atoms with van der Waals surface area (Å²) in [5.74, 6) is 0.101. The van der Waals surface area contributed by atoms with Crippen molar-refractivity contribution in [2.45, 2.75) is 52.1 Å². The first kappa shape index (κ1) is 17.4. The molecule has 118 valence electrons. The highest BCUT2D eigenvalue weighted by Crippen LogP contribution is 2.10. The van der Waals surface area contributed by atoms with Gasteiger partial charge < -0.3 is 16.0 Å². The van der Waals surface area contributed by atoms with Gasteiger partial charge in [0.15, 0.2) is 0 Å². The fourth-order valence-electron chi connectivity index (χ4n) is 2.71. The Labute approximate surface area is 123 Å². The van der Waals surface area contributed by atoms with E-state index in [1.54, 1.807) is 0 Å². The highest BCUT2D eigenvalue weighted by Gasteiger charge is 2.25. The van der Waals surface area contributed by atoms with Crippen LogP contribution >= 0.6 is 0 Å². The van der Waals surface area contributed by atoms with Crippen molar-refractivity contribution in [3.05, 3.63) is 0 Å². The van der Waals surface area contributed by atoms with Crippen molar-refractivity contribution in [2.75, 3.05) is 39.3 Å². The molecule has 0 aliphatic carbocycles. The smallest absolute Gasteiger partial charge is 0.222 e. The first-order valence-corrected chi connectivity index (χ1v) is 7.83. The summed E-state index contributed by atoms with van der Waals surface area (Å²) in [6.45, 7) is 14.2. The second kappa shape index (κ2) is 7.96. The molecule has 0 radical (unpaired) electrons. The predicted molar refractivity (Wildman–Crippen MR) is 83.7 cm³/mol. The largest absolute Gasteiger partial charge is 0.351 e. The third-order valence-corrected chi connectivity index (χ3v) is 3.67. The number of nitrogens with two attached hydrogens (primary N) is 1. The highest BCUT2D eigenvalue weighted by atomic mass is 16.1. The Morgan fingerprint density at radius 3 is 2.30 bits per heavy atom. The maximum atomic E-state index is 12.0. The van der Waals surface area contributed by atoms with Gasteiger partial charge in [-0.2, -0.15) is 0 Å². The van der Waals surface area contributed by atoms with Gasteiger partial charge in [-0.25, -0.2) is 0 Å². The molecule has 5 heteroatoms. The zero-order valence-electron chi connectivity index (χ0n) is 13.6. The molecule has 1 heterocycles. The van der Waals surface area contributed by atoms with Crippen molar-refractivity contribution in [3.8, 4) is 0 Å². The summed E-state index contributed by atoms with van der Waals surface area (Å²) in [7, 11) is 0. The molecule has 0 aromatic heterocycles. The Hall–Kier alpha value is -0.650. The second-order valence-corrected chi connectivity index (χ2v) is 6.77. The van der Waals surface area contributed by atoms with Gasteiger partial charge in [-0.15, -0.1) is 0 Å². The lowest BCUT2D eigenvalue weighted by molar-refractivity contribution is -0.123. The minimum atomic E-state index is -0.171. The SMILES string of the molecule is CCCN1CCN(C(CN)CC(=O)NC(C)(C)C)CC1. The van der Waals surface area contributed by atoms with Gasteiger partial charge in [0.1, 0.15) is 0 Å². The molecule has 1 unspecified atom stereocenters. The number of piperazine rings is 1. The molecule has 0 bridgehead atoms. The Morgan fingerprint density at radius 2 is 1.85 bits per heavy atom. The van der Waals surface area contributed by atoms with Crippen LogP contribution in [0.2, 0.25) is 0 Å². The first-order chi connectivity index (χ1) is 9.35. The zero-order valence-corrected chi connectivity index (χ0v) is 13.6. The number of hydrogen-bond donors (Lipinski definition) is 2. The summed E-state index contributed by atoms with van der Waals surface area (Å²) >= 11 is 0. The Balaban J connectivity index is 2.41. The summed E-state index contributed by atoms with van der Waals surface area (Å²) in [5, 5.41) is 3.02. The van der Waals surface area contributed by atoms with Crippen molar-refractivity contribution < 1.29 is 4.79 Å². The van der Waals surface area contributed by atoms with Crippen LogP contribution in [0.15, 0.2) is 0 Å². The summed E-state index contributed by atoms with van der Waals surface area (Å²) in [6, 6.07) is 0.168. The van der Waals surface area contributed by atoms with Crippen molar-refractivity contribution in [1.82, 2.24) is 15.1 Å². The van der Waals surface area contributed by atoms with Crippen LogP contribution in [0.25, 0.3) is 0 Å². The van der Waals surface area contributed by atoms with Crippen LogP contribution in [0, 0.1) is 0 Å². The zero-order chi connectivity index (χ0) is 15.2. The number of nitrogens with one attached hydrogen (secondary N) is 1. The summed E-state index contributed by atoms with van der Waals surface area (Å²) in [5.41, 5.74) is 5.70. The van der Waals surface area contributed by atoms with E-state index < -0.39 is 0 Å². The molecule has 1 fully saturated rings. The van der Waals surface area contributed by atoms with Gasteiger partial charge >= 0.3 is 0 Å². The monoisotopic (exact) mass is 284 g/mol. The molecule has 1 atom stereocenters. The van der Waals surface area contributed by atoms with E-state index in [9.17, 15) is 4.79 Å². The van der Waals surface area contributed by atoms with Crippen molar-refractivity contribution >= 4 is 5.91 Å². The van der Waals surface area contributed by atoms with E-state index in [0.717, 1.165) is 26.2 Å². The van der Waals surface area contributed by atoms with Gasteiger partial charge in [-0.3, -0.25) is 9.69 Å². The van der Waals surface area contributed by atoms with Gasteiger partial charge in [0.2, 0.25) is 5.91 Å². The topological polar surface area (TPSA) is 61.6 Å². The normalized spacial score (nSPS) is 19.9. The van der Waals surface area contributed by atoms with E-state index in [2.05, 4.69) is 22.0 Å². The molecule has 0 spiro atoms. The molecule has 1 amide bonds. The Kier molecular flexibility index (Phi) is 6.92. The molecule has 0 saturated carbocycles. The van der Waals surface area contributed by atoms with Crippen LogP contribution in [0.4, 0.5) is 0 Å². The summed E-state index contributed by atoms with van der Waals surface area (Å²) in [6.07, 6.45) is 1.70. The van der Waals surface area contributed by atoms with Crippen LogP contribution in [-0.2, 0) is 4.79 Å². The third kappa shape index (κ3) is 6.20. The van der Waals surface area contributed by atoms with Crippen molar-refractivity contribution in [3.63, 3.8) is 0 Å². The lowest BCUT2D eigenvalue weighted by Gasteiger charge is -2.39. The molecular weight excluding hydrogens is 252 g/mol. The number of nitrogens with zero attached hydrogens (tertiary/aromatic N) is 2. The summed E-state index contributed by atoms with van der Waals surface area (Å²) in [4.78, 5) is 16.9. The van der Waals surface area contributed by atoms with E-state index in [-0.39, 0.29) is 17.5 Å². The van der Waals surface area contributed by atoms with Gasteiger partial charge in [0.25, 0.3) is 0 Å². The van der Waals surface area contributed by atoms with Gasteiger partial charge in [0.05, 0.1) is 0 Å². The molecule has 0 aromatic carbocycles. The molecule has 20 heavy (non-hydrogen) atoms. The Bertz CT molecular complexity index is 293. The van der Waals surface area contributed by atoms with E-state index in [1.165, 1.54) is 13.0 Å². The second-order valence-electron chi connectivity index (χ2n) is 6.77. The van der Waals surface area contributed by atoms with Crippen LogP contribution in [-0.4, -0.2) is 66.6 Å². The van der Waals surface area contributed by atoms with Gasteiger partial charge in [-0.1, -0.05) is 6.92 Å². The average molecular weight is 284 g/mol. The predicted octanol–water partition coefficient (Wildman–Crippen LogP) is 0.646. The molecule has 1 rings (SSSR count). The van der Waals surface area contributed by atoms with Crippen LogP contribution in [0.3, 0.4) is 0 Å². The molecule has 1 aliphatic heterocycles. The minimum Gasteiger partial charge on any atom is -0.351 e. The Morgan fingerprint density at radius 1 is 1.25 bits per heavy atom. The van der Waals surface area contributed by atoms with Crippen molar-refractivity contribution in [2.24, 2.45) is 5.73 Å². The number of carbonyl (C=O) groups is 1. The molecular formula is C15H32N4O. The molecule has 1 aliphatic rings. The molecule has 5 nitrogen and oxygen atoms in total. The highest BCUT2D eigenvalue weighted by molar-refractivity contribution is 5.77. The van der Waals surface area contributed by atoms with Crippen LogP contribution in [0.1, 0.15) is 40.5 Å². The lowest BCUT2D eigenvalue weighted by atomic mass is 10.1. The van der Waals surface area contributed by atoms with Gasteiger partial charge in [-0.05, 0) is 33.7 Å². The number of amides is 1. The number of rotatable bonds is 6. The van der Waals surface area contributed by atoms with E-state index in [4.69, 9.17) is 5.73 Å². The molecule has 0 aromatic rings. The number of carbonyl (C=O) groups excluding carboxylic acids is 1. The first-order valence-electron chi connectivity index (χ1n) is 7.83. The number of hydrogen-bond acceptors (Lipinski definition) is 4.